The van der Waals surface area contributed by atoms with Gasteiger partial charge in [-0.1, -0.05) is 12.1 Å². The molecule has 0 atom stereocenters. The molecule has 0 saturated carbocycles. The molecule has 0 N–H and O–H groups in total. The average molecular weight is 221 g/mol. The highest BCUT2D eigenvalue weighted by Crippen LogP contribution is 2.17. The van der Waals surface area contributed by atoms with Crippen molar-refractivity contribution in [2.24, 2.45) is 0 Å². The van der Waals surface area contributed by atoms with Crippen LogP contribution in [0.1, 0.15) is 23.1 Å². The molecule has 0 aromatic heterocycles. The van der Waals surface area contributed by atoms with E-state index in [-0.39, 0.29) is 5.82 Å². The third kappa shape index (κ3) is 2.30. The Hall–Kier alpha value is -1.22. The first-order valence-corrected chi connectivity index (χ1v) is 5.56. The van der Waals surface area contributed by atoms with E-state index in [9.17, 15) is 9.18 Å². The van der Waals surface area contributed by atoms with Crippen molar-refractivity contribution < 1.29 is 9.18 Å². The van der Waals surface area contributed by atoms with Crippen LogP contribution in [-0.4, -0.2) is 23.8 Å². The summed E-state index contributed by atoms with van der Waals surface area (Å²) in [5.41, 5.74) is 2.45. The molecular weight excluding hydrogens is 205 g/mol. The maximum atomic E-state index is 13.4. The van der Waals surface area contributed by atoms with Crippen LogP contribution < -0.4 is 0 Å². The zero-order chi connectivity index (χ0) is 11.7. The fourth-order valence-corrected chi connectivity index (χ4v) is 2.21. The van der Waals surface area contributed by atoms with Gasteiger partial charge in [0.05, 0.1) is 6.54 Å². The number of carbonyl (C=O) groups excluding carboxylic acids is 1. The van der Waals surface area contributed by atoms with E-state index in [1.807, 2.05) is 12.1 Å². The van der Waals surface area contributed by atoms with Crippen LogP contribution in [0.5, 0.6) is 0 Å². The van der Waals surface area contributed by atoms with Crippen LogP contribution >= 0.6 is 0 Å². The van der Waals surface area contributed by atoms with Gasteiger partial charge in [-0.15, -0.1) is 0 Å². The molecule has 2 rings (SSSR count). The minimum absolute atomic E-state index is 0.124. The Bertz CT molecular complexity index is 405. The fourth-order valence-electron chi connectivity index (χ4n) is 2.21. The maximum absolute atomic E-state index is 13.4. The van der Waals surface area contributed by atoms with E-state index < -0.39 is 0 Å². The number of hydrogen-bond acceptors (Lipinski definition) is 2. The SMILES string of the molecule is Cc1cc(CN2CCC(=O)C2)cc(C)c1F. The van der Waals surface area contributed by atoms with Crippen LogP contribution in [0.15, 0.2) is 12.1 Å². The van der Waals surface area contributed by atoms with Gasteiger partial charge in [0.2, 0.25) is 0 Å². The second-order valence-electron chi connectivity index (χ2n) is 4.54. The lowest BCUT2D eigenvalue weighted by Gasteiger charge is -2.15. The average Bonchev–Trinajstić information content (AvgIpc) is 2.60. The predicted molar refractivity (Wildman–Crippen MR) is 60.8 cm³/mol. The summed E-state index contributed by atoms with van der Waals surface area (Å²) in [7, 11) is 0. The summed E-state index contributed by atoms with van der Waals surface area (Å²) in [6, 6.07) is 3.73. The first kappa shape index (κ1) is 11.3. The molecule has 0 unspecified atom stereocenters. The molecule has 1 heterocycles. The largest absolute Gasteiger partial charge is 0.298 e. The van der Waals surface area contributed by atoms with Gasteiger partial charge in [0.25, 0.3) is 0 Å². The highest BCUT2D eigenvalue weighted by atomic mass is 19.1. The molecule has 3 heteroatoms. The number of nitrogens with zero attached hydrogens (tertiary/aromatic N) is 1. The molecular formula is C13H16FNO. The Morgan fingerprint density at radius 3 is 2.44 bits per heavy atom. The lowest BCUT2D eigenvalue weighted by Crippen LogP contribution is -2.20. The number of benzene rings is 1. The number of hydrogen-bond donors (Lipinski definition) is 0. The van der Waals surface area contributed by atoms with Gasteiger partial charge in [0, 0.05) is 19.5 Å². The van der Waals surface area contributed by atoms with Crippen molar-refractivity contribution in [3.8, 4) is 0 Å². The smallest absolute Gasteiger partial charge is 0.148 e. The van der Waals surface area contributed by atoms with Gasteiger partial charge in [0.15, 0.2) is 0 Å². The summed E-state index contributed by atoms with van der Waals surface area (Å²) < 4.78 is 13.4. The first-order valence-electron chi connectivity index (χ1n) is 5.56. The standard InChI is InChI=1S/C13H16FNO/c1-9-5-11(6-10(2)13(9)14)7-15-4-3-12(16)8-15/h5-6H,3-4,7-8H2,1-2H3. The van der Waals surface area contributed by atoms with E-state index >= 15 is 0 Å². The van der Waals surface area contributed by atoms with Gasteiger partial charge in [0.1, 0.15) is 11.6 Å². The van der Waals surface area contributed by atoms with Gasteiger partial charge < -0.3 is 0 Å². The molecule has 2 nitrogen and oxygen atoms in total. The van der Waals surface area contributed by atoms with Crippen LogP contribution in [0.25, 0.3) is 0 Å². The molecule has 1 aromatic carbocycles. The number of carbonyl (C=O) groups is 1. The predicted octanol–water partition coefficient (Wildman–Crippen LogP) is 2.22. The Kier molecular flexibility index (Phi) is 3.06. The van der Waals surface area contributed by atoms with Crippen molar-refractivity contribution in [1.82, 2.24) is 4.90 Å². The normalized spacial score (nSPS) is 17.1. The van der Waals surface area contributed by atoms with Crippen LogP contribution in [0.3, 0.4) is 0 Å². The van der Waals surface area contributed by atoms with Crippen molar-refractivity contribution in [2.75, 3.05) is 13.1 Å². The third-order valence-electron chi connectivity index (χ3n) is 3.01. The Morgan fingerprint density at radius 2 is 1.94 bits per heavy atom. The Morgan fingerprint density at radius 1 is 1.31 bits per heavy atom. The van der Waals surface area contributed by atoms with E-state index in [0.717, 1.165) is 18.7 Å². The summed E-state index contributed by atoms with van der Waals surface area (Å²) >= 11 is 0. The summed E-state index contributed by atoms with van der Waals surface area (Å²) in [6.45, 7) is 5.67. The number of rotatable bonds is 2. The zero-order valence-electron chi connectivity index (χ0n) is 9.72. The highest BCUT2D eigenvalue weighted by molar-refractivity contribution is 5.82. The maximum Gasteiger partial charge on any atom is 0.148 e. The zero-order valence-corrected chi connectivity index (χ0v) is 9.72. The van der Waals surface area contributed by atoms with E-state index in [2.05, 4.69) is 4.90 Å². The number of likely N-dealkylation sites (tertiary alicyclic amines) is 1. The summed E-state index contributed by atoms with van der Waals surface area (Å²) in [5, 5.41) is 0. The quantitative estimate of drug-likeness (QED) is 0.763. The third-order valence-corrected chi connectivity index (χ3v) is 3.01. The second kappa shape index (κ2) is 4.34. The first-order chi connectivity index (χ1) is 7.56. The van der Waals surface area contributed by atoms with Gasteiger partial charge >= 0.3 is 0 Å². The van der Waals surface area contributed by atoms with Crippen molar-refractivity contribution in [1.29, 1.82) is 0 Å². The van der Waals surface area contributed by atoms with Crippen molar-refractivity contribution in [3.63, 3.8) is 0 Å². The molecule has 1 saturated heterocycles. The molecule has 0 aliphatic carbocycles. The molecule has 86 valence electrons. The van der Waals surface area contributed by atoms with Crippen LogP contribution in [0, 0.1) is 19.7 Å². The lowest BCUT2D eigenvalue weighted by molar-refractivity contribution is -0.116. The van der Waals surface area contributed by atoms with E-state index in [1.54, 1.807) is 13.8 Å². The minimum atomic E-state index is -0.124. The summed E-state index contributed by atoms with van der Waals surface area (Å²) in [5.74, 6) is 0.178. The highest BCUT2D eigenvalue weighted by Gasteiger charge is 2.19. The van der Waals surface area contributed by atoms with E-state index in [0.29, 0.717) is 29.9 Å². The second-order valence-corrected chi connectivity index (χ2v) is 4.54. The monoisotopic (exact) mass is 221 g/mol. The van der Waals surface area contributed by atoms with Gasteiger partial charge in [-0.2, -0.15) is 0 Å². The van der Waals surface area contributed by atoms with Crippen LogP contribution in [-0.2, 0) is 11.3 Å². The summed E-state index contributed by atoms with van der Waals surface area (Å²) in [6.07, 6.45) is 0.652. The van der Waals surface area contributed by atoms with E-state index in [4.69, 9.17) is 0 Å². The van der Waals surface area contributed by atoms with Gasteiger partial charge in [-0.25, -0.2) is 4.39 Å². The molecule has 16 heavy (non-hydrogen) atoms. The molecule has 1 aliphatic heterocycles. The Labute approximate surface area is 95.1 Å². The molecule has 1 fully saturated rings. The minimum Gasteiger partial charge on any atom is -0.298 e. The van der Waals surface area contributed by atoms with Crippen LogP contribution in [0.2, 0.25) is 0 Å². The van der Waals surface area contributed by atoms with Gasteiger partial charge in [-0.3, -0.25) is 9.69 Å². The summed E-state index contributed by atoms with van der Waals surface area (Å²) in [4.78, 5) is 13.2. The topological polar surface area (TPSA) is 20.3 Å². The molecule has 0 spiro atoms. The van der Waals surface area contributed by atoms with Crippen LogP contribution in [0.4, 0.5) is 4.39 Å². The number of ketones is 1. The Balaban J connectivity index is 2.13. The fraction of sp³-hybridized carbons (Fsp3) is 0.462. The van der Waals surface area contributed by atoms with E-state index in [1.165, 1.54) is 0 Å². The van der Waals surface area contributed by atoms with Crippen molar-refractivity contribution >= 4 is 5.78 Å². The van der Waals surface area contributed by atoms with Crippen molar-refractivity contribution in [3.05, 3.63) is 34.6 Å². The number of aryl methyl sites for hydroxylation is 2. The number of halogens is 1. The molecule has 0 bridgehead atoms. The molecule has 0 amide bonds. The van der Waals surface area contributed by atoms with Crippen molar-refractivity contribution in [2.45, 2.75) is 26.8 Å². The lowest BCUT2D eigenvalue weighted by atomic mass is 10.1. The molecule has 1 aliphatic rings. The molecule has 1 aromatic rings. The van der Waals surface area contributed by atoms with Gasteiger partial charge in [-0.05, 0) is 30.5 Å². The molecule has 0 radical (unpaired) electrons. The number of Topliss-reactive ketones (excluding diaryl/α,β-unsaturated/α-hetero) is 1.